The summed E-state index contributed by atoms with van der Waals surface area (Å²) < 4.78 is 5.38. The van der Waals surface area contributed by atoms with E-state index in [1.165, 1.54) is 0 Å². The Kier molecular flexibility index (Phi) is 5.55. The molecule has 0 aliphatic carbocycles. The number of piperidine rings is 1. The van der Waals surface area contributed by atoms with Crippen molar-refractivity contribution in [2.45, 2.75) is 52.5 Å². The van der Waals surface area contributed by atoms with Crippen molar-refractivity contribution in [3.8, 4) is 0 Å². The van der Waals surface area contributed by atoms with E-state index in [2.05, 4.69) is 11.9 Å². The number of ether oxygens (including phenoxy) is 1. The summed E-state index contributed by atoms with van der Waals surface area (Å²) in [6.07, 6.45) is 4.14. The monoisotopic (exact) mass is 354 g/mol. The van der Waals surface area contributed by atoms with Crippen LogP contribution in [0.1, 0.15) is 54.2 Å². The first-order valence-electron chi connectivity index (χ1n) is 9.34. The van der Waals surface area contributed by atoms with Crippen molar-refractivity contribution in [1.29, 1.82) is 0 Å². The topological polar surface area (TPSA) is 59.5 Å². The fourth-order valence-electron chi connectivity index (χ4n) is 3.68. The number of carbonyl (C=O) groups excluding carboxylic acids is 2. The Balaban J connectivity index is 1.75. The van der Waals surface area contributed by atoms with E-state index < -0.39 is 5.97 Å². The second-order valence-electron chi connectivity index (χ2n) is 7.05. The first kappa shape index (κ1) is 18.4. The molecule has 1 aliphatic rings. The Bertz CT molecular complexity index is 831. The molecule has 0 spiro atoms. The molecule has 1 aromatic carbocycles. The standard InChI is InChI=1S/C21H26N2O3/c1-4-16-7-5-6-10-23(16)20(24)13-26-21(25)18-12-15(3)22-19-9-8-14(2)11-17(18)19/h8-9,11-12,16H,4-7,10,13H2,1-3H3. The number of pyridine rings is 1. The second kappa shape index (κ2) is 7.85. The first-order chi connectivity index (χ1) is 12.5. The highest BCUT2D eigenvalue weighted by Gasteiger charge is 2.26. The van der Waals surface area contributed by atoms with E-state index in [4.69, 9.17) is 4.74 Å². The van der Waals surface area contributed by atoms with E-state index in [0.29, 0.717) is 5.56 Å². The van der Waals surface area contributed by atoms with E-state index in [9.17, 15) is 9.59 Å². The number of hydrogen-bond acceptors (Lipinski definition) is 4. The van der Waals surface area contributed by atoms with Gasteiger partial charge in [-0.2, -0.15) is 0 Å². The Morgan fingerprint density at radius 3 is 2.81 bits per heavy atom. The Morgan fingerprint density at radius 2 is 2.04 bits per heavy atom. The van der Waals surface area contributed by atoms with E-state index in [-0.39, 0.29) is 18.6 Å². The van der Waals surface area contributed by atoms with Gasteiger partial charge in [-0.05, 0) is 57.7 Å². The molecule has 138 valence electrons. The molecule has 26 heavy (non-hydrogen) atoms. The lowest BCUT2D eigenvalue weighted by molar-refractivity contribution is -0.138. The third kappa shape index (κ3) is 3.87. The molecule has 0 saturated carbocycles. The van der Waals surface area contributed by atoms with Crippen LogP contribution in [0, 0.1) is 13.8 Å². The molecule has 0 N–H and O–H groups in total. The first-order valence-corrected chi connectivity index (χ1v) is 9.34. The summed E-state index contributed by atoms with van der Waals surface area (Å²) >= 11 is 0. The summed E-state index contributed by atoms with van der Waals surface area (Å²) in [5.74, 6) is -0.569. The van der Waals surface area contributed by atoms with Gasteiger partial charge in [0.25, 0.3) is 5.91 Å². The third-order valence-corrected chi connectivity index (χ3v) is 5.06. The summed E-state index contributed by atoms with van der Waals surface area (Å²) in [5, 5.41) is 0.762. The average Bonchev–Trinajstić information content (AvgIpc) is 2.65. The van der Waals surface area contributed by atoms with Gasteiger partial charge >= 0.3 is 5.97 Å². The van der Waals surface area contributed by atoms with Crippen LogP contribution in [0.15, 0.2) is 24.3 Å². The fraction of sp³-hybridized carbons (Fsp3) is 0.476. The number of fused-ring (bicyclic) bond motifs is 1. The number of aromatic nitrogens is 1. The minimum atomic E-state index is -0.468. The number of amides is 1. The minimum Gasteiger partial charge on any atom is -0.452 e. The molecule has 1 fully saturated rings. The summed E-state index contributed by atoms with van der Waals surface area (Å²) in [5.41, 5.74) is 3.03. The molecule has 1 aliphatic heterocycles. The highest BCUT2D eigenvalue weighted by Crippen LogP contribution is 2.22. The predicted octanol–water partition coefficient (Wildman–Crippen LogP) is 3.80. The van der Waals surface area contributed by atoms with Crippen LogP contribution < -0.4 is 0 Å². The van der Waals surface area contributed by atoms with Crippen molar-refractivity contribution in [3.63, 3.8) is 0 Å². The van der Waals surface area contributed by atoms with Crippen molar-refractivity contribution < 1.29 is 14.3 Å². The van der Waals surface area contributed by atoms with Gasteiger partial charge in [0.2, 0.25) is 0 Å². The van der Waals surface area contributed by atoms with Crippen molar-refractivity contribution in [2.75, 3.05) is 13.2 Å². The van der Waals surface area contributed by atoms with Crippen LogP contribution in [0.3, 0.4) is 0 Å². The van der Waals surface area contributed by atoms with Gasteiger partial charge in [0.15, 0.2) is 6.61 Å². The van der Waals surface area contributed by atoms with Crippen molar-refractivity contribution >= 4 is 22.8 Å². The van der Waals surface area contributed by atoms with Gasteiger partial charge in [0.05, 0.1) is 11.1 Å². The largest absolute Gasteiger partial charge is 0.452 e. The van der Waals surface area contributed by atoms with Crippen LogP contribution in [0.2, 0.25) is 0 Å². The van der Waals surface area contributed by atoms with Crippen LogP contribution in [0.25, 0.3) is 10.9 Å². The summed E-state index contributed by atoms with van der Waals surface area (Å²) in [4.78, 5) is 31.5. The van der Waals surface area contributed by atoms with Gasteiger partial charge in [-0.1, -0.05) is 18.6 Å². The van der Waals surface area contributed by atoms with Crippen LogP contribution >= 0.6 is 0 Å². The Labute approximate surface area is 154 Å². The quantitative estimate of drug-likeness (QED) is 0.784. The van der Waals surface area contributed by atoms with Crippen molar-refractivity contribution in [2.24, 2.45) is 0 Å². The van der Waals surface area contributed by atoms with E-state index in [0.717, 1.165) is 54.4 Å². The van der Waals surface area contributed by atoms with Gasteiger partial charge in [0, 0.05) is 23.7 Å². The van der Waals surface area contributed by atoms with E-state index >= 15 is 0 Å². The predicted molar refractivity (Wildman–Crippen MR) is 101 cm³/mol. The molecule has 1 amide bonds. The van der Waals surface area contributed by atoms with Crippen LogP contribution in [0.4, 0.5) is 0 Å². The zero-order valence-corrected chi connectivity index (χ0v) is 15.7. The van der Waals surface area contributed by atoms with Gasteiger partial charge in [-0.25, -0.2) is 4.79 Å². The van der Waals surface area contributed by atoms with Crippen LogP contribution in [-0.4, -0.2) is 41.0 Å². The lowest BCUT2D eigenvalue weighted by atomic mass is 10.00. The molecule has 3 rings (SSSR count). The summed E-state index contributed by atoms with van der Waals surface area (Å²) in [6, 6.07) is 7.79. The molecule has 1 unspecified atom stereocenters. The fourth-order valence-corrected chi connectivity index (χ4v) is 3.68. The maximum Gasteiger partial charge on any atom is 0.339 e. The van der Waals surface area contributed by atoms with Gasteiger partial charge in [0.1, 0.15) is 0 Å². The molecule has 1 aromatic heterocycles. The lowest BCUT2D eigenvalue weighted by Gasteiger charge is -2.35. The number of hydrogen-bond donors (Lipinski definition) is 0. The smallest absolute Gasteiger partial charge is 0.339 e. The molecular formula is C21H26N2O3. The van der Waals surface area contributed by atoms with Crippen LogP contribution in [0.5, 0.6) is 0 Å². The minimum absolute atomic E-state index is 0.101. The molecule has 1 saturated heterocycles. The van der Waals surface area contributed by atoms with Crippen molar-refractivity contribution in [3.05, 3.63) is 41.1 Å². The second-order valence-corrected chi connectivity index (χ2v) is 7.05. The zero-order valence-electron chi connectivity index (χ0n) is 15.7. The average molecular weight is 354 g/mol. The zero-order chi connectivity index (χ0) is 18.7. The highest BCUT2D eigenvalue weighted by molar-refractivity contribution is 6.04. The number of carbonyl (C=O) groups is 2. The van der Waals surface area contributed by atoms with Gasteiger partial charge in [-0.15, -0.1) is 0 Å². The van der Waals surface area contributed by atoms with E-state index in [1.54, 1.807) is 6.07 Å². The van der Waals surface area contributed by atoms with Gasteiger partial charge < -0.3 is 9.64 Å². The summed E-state index contributed by atoms with van der Waals surface area (Å²) in [7, 11) is 0. The Morgan fingerprint density at radius 1 is 1.23 bits per heavy atom. The Hall–Kier alpha value is -2.43. The molecule has 0 bridgehead atoms. The molecular weight excluding hydrogens is 328 g/mol. The lowest BCUT2D eigenvalue weighted by Crippen LogP contribution is -2.45. The molecule has 2 aromatic rings. The van der Waals surface area contributed by atoms with Crippen LogP contribution in [-0.2, 0) is 9.53 Å². The maximum absolute atomic E-state index is 12.6. The number of likely N-dealkylation sites (tertiary alicyclic amines) is 1. The maximum atomic E-state index is 12.6. The molecule has 1 atom stereocenters. The summed E-state index contributed by atoms with van der Waals surface area (Å²) in [6.45, 7) is 6.46. The highest BCUT2D eigenvalue weighted by atomic mass is 16.5. The number of aryl methyl sites for hydroxylation is 2. The van der Waals surface area contributed by atoms with E-state index in [1.807, 2.05) is 36.9 Å². The number of rotatable bonds is 4. The normalized spacial score (nSPS) is 17.3. The molecule has 0 radical (unpaired) electrons. The molecule has 5 heteroatoms. The number of nitrogens with zero attached hydrogens (tertiary/aromatic N) is 2. The number of esters is 1. The molecule has 2 heterocycles. The van der Waals surface area contributed by atoms with Gasteiger partial charge in [-0.3, -0.25) is 9.78 Å². The number of benzene rings is 1. The molecule has 5 nitrogen and oxygen atoms in total. The van der Waals surface area contributed by atoms with Crippen molar-refractivity contribution in [1.82, 2.24) is 9.88 Å². The third-order valence-electron chi connectivity index (χ3n) is 5.06. The SMILES string of the molecule is CCC1CCCCN1C(=O)COC(=O)c1cc(C)nc2ccc(C)cc12.